The molecule has 174 valence electrons. The Kier molecular flexibility index (Phi) is 5.58. The highest BCUT2D eigenvalue weighted by molar-refractivity contribution is 5.86. The molecule has 7 nitrogen and oxygen atoms in total. The fourth-order valence-corrected chi connectivity index (χ4v) is 4.10. The summed E-state index contributed by atoms with van der Waals surface area (Å²) >= 11 is 0. The van der Waals surface area contributed by atoms with Crippen LogP contribution in [0, 0.1) is 0 Å². The minimum atomic E-state index is -1.17. The van der Waals surface area contributed by atoms with Crippen molar-refractivity contribution in [3.05, 3.63) is 116 Å². The van der Waals surface area contributed by atoms with Gasteiger partial charge in [-0.05, 0) is 42.0 Å². The van der Waals surface area contributed by atoms with E-state index in [1.807, 2.05) is 0 Å². The highest BCUT2D eigenvalue weighted by Crippen LogP contribution is 2.39. The maximum atomic E-state index is 13.1. The molecule has 0 spiro atoms. The molecule has 0 saturated heterocycles. The first-order chi connectivity index (χ1) is 17.0. The van der Waals surface area contributed by atoms with Crippen molar-refractivity contribution >= 4 is 28.0 Å². The molecule has 2 heterocycles. The first kappa shape index (κ1) is 22.0. The molecule has 3 aromatic carbocycles. The second-order valence-corrected chi connectivity index (χ2v) is 7.91. The number of benzene rings is 3. The Morgan fingerprint density at radius 2 is 1.23 bits per heavy atom. The van der Waals surface area contributed by atoms with Gasteiger partial charge in [-0.1, -0.05) is 48.6 Å². The second-order valence-electron chi connectivity index (χ2n) is 7.91. The summed E-state index contributed by atoms with van der Waals surface area (Å²) in [6, 6.07) is 20.2. The number of ether oxygens (including phenoxy) is 1. The smallest absolute Gasteiger partial charge is 0.344 e. The molecule has 0 unspecified atom stereocenters. The molecule has 5 rings (SSSR count). The topological polar surface area (TPSA) is 110 Å². The van der Waals surface area contributed by atoms with Gasteiger partial charge in [0.1, 0.15) is 28.4 Å². The highest BCUT2D eigenvalue weighted by atomic mass is 16.5. The van der Waals surface area contributed by atoms with E-state index in [0.29, 0.717) is 16.5 Å². The third-order valence-electron chi connectivity index (χ3n) is 5.86. The number of aromatic hydroxyl groups is 2. The molecule has 0 aliphatic carbocycles. The van der Waals surface area contributed by atoms with E-state index in [9.17, 15) is 19.8 Å². The van der Waals surface area contributed by atoms with Crippen LogP contribution < -0.4 is 16.0 Å². The average Bonchev–Trinajstić information content (AvgIpc) is 2.87. The third kappa shape index (κ3) is 3.93. The zero-order valence-electron chi connectivity index (χ0n) is 18.6. The highest BCUT2D eigenvalue weighted by Gasteiger charge is 2.29. The number of methoxy groups -OCH3 is 1. The van der Waals surface area contributed by atoms with Gasteiger partial charge < -0.3 is 23.8 Å². The van der Waals surface area contributed by atoms with Gasteiger partial charge in [-0.3, -0.25) is 0 Å². The SMILES string of the molecule is COc1ccc(/C=C/C(c2c(O)c3ccccc3oc2=O)c2c(O)c3ccccc3oc2=O)cc1. The predicted molar refractivity (Wildman–Crippen MR) is 132 cm³/mol. The molecule has 0 saturated carbocycles. The Hall–Kier alpha value is -4.78. The monoisotopic (exact) mass is 468 g/mol. The van der Waals surface area contributed by atoms with E-state index in [1.54, 1.807) is 92.1 Å². The van der Waals surface area contributed by atoms with E-state index in [1.165, 1.54) is 0 Å². The normalized spacial score (nSPS) is 11.6. The van der Waals surface area contributed by atoms with Crippen molar-refractivity contribution < 1.29 is 23.8 Å². The molecule has 5 aromatic rings. The zero-order chi connectivity index (χ0) is 24.5. The Morgan fingerprint density at radius 3 is 1.71 bits per heavy atom. The van der Waals surface area contributed by atoms with Crippen LogP contribution in [0.3, 0.4) is 0 Å². The minimum absolute atomic E-state index is 0.189. The third-order valence-corrected chi connectivity index (χ3v) is 5.86. The van der Waals surface area contributed by atoms with Gasteiger partial charge >= 0.3 is 11.3 Å². The van der Waals surface area contributed by atoms with Gasteiger partial charge in [0, 0.05) is 5.92 Å². The van der Waals surface area contributed by atoms with Crippen LogP contribution in [0.5, 0.6) is 17.2 Å². The standard InChI is InChI=1S/C28H20O7/c1-33-17-13-10-16(11-14-17)12-15-20(23-25(29)18-6-2-4-8-21(18)34-27(23)31)24-26(30)19-7-3-5-9-22(19)35-28(24)32/h2-15,20,29-30H,1H3/b15-12+. The number of fused-ring (bicyclic) bond motifs is 2. The lowest BCUT2D eigenvalue weighted by atomic mass is 9.89. The first-order valence-electron chi connectivity index (χ1n) is 10.8. The summed E-state index contributed by atoms with van der Waals surface area (Å²) in [6.07, 6.45) is 3.22. The van der Waals surface area contributed by atoms with Crippen LogP contribution >= 0.6 is 0 Å². The van der Waals surface area contributed by atoms with Crippen molar-refractivity contribution in [3.8, 4) is 17.2 Å². The predicted octanol–water partition coefficient (Wildman–Crippen LogP) is 5.16. The van der Waals surface area contributed by atoms with E-state index in [-0.39, 0.29) is 33.8 Å². The van der Waals surface area contributed by atoms with Gasteiger partial charge in [0.2, 0.25) is 0 Å². The van der Waals surface area contributed by atoms with Crippen molar-refractivity contribution in [1.29, 1.82) is 0 Å². The molecule has 7 heteroatoms. The van der Waals surface area contributed by atoms with Crippen LogP contribution in [-0.2, 0) is 0 Å². The van der Waals surface area contributed by atoms with Crippen LogP contribution in [0.1, 0.15) is 22.6 Å². The molecule has 35 heavy (non-hydrogen) atoms. The Bertz CT molecular complexity index is 1590. The summed E-state index contributed by atoms with van der Waals surface area (Å²) in [5.74, 6) is -1.18. The lowest BCUT2D eigenvalue weighted by molar-refractivity contribution is 0.415. The number of allylic oxidation sites excluding steroid dienone is 1. The molecule has 0 amide bonds. The summed E-state index contributed by atoms with van der Waals surface area (Å²) in [6.45, 7) is 0. The molecule has 0 fully saturated rings. The maximum absolute atomic E-state index is 13.1. The van der Waals surface area contributed by atoms with Crippen molar-refractivity contribution in [2.24, 2.45) is 0 Å². The fourth-order valence-electron chi connectivity index (χ4n) is 4.10. The van der Waals surface area contributed by atoms with Gasteiger partial charge in [0.25, 0.3) is 0 Å². The summed E-state index contributed by atoms with van der Waals surface area (Å²) < 4.78 is 16.1. The van der Waals surface area contributed by atoms with Crippen molar-refractivity contribution in [2.45, 2.75) is 5.92 Å². The molecule has 0 aliphatic heterocycles. The van der Waals surface area contributed by atoms with E-state index in [0.717, 1.165) is 5.56 Å². The maximum Gasteiger partial charge on any atom is 0.344 e. The quantitative estimate of drug-likeness (QED) is 0.343. The van der Waals surface area contributed by atoms with Crippen LogP contribution in [0.4, 0.5) is 0 Å². The van der Waals surface area contributed by atoms with Crippen LogP contribution in [0.25, 0.3) is 28.0 Å². The Balaban J connectivity index is 1.78. The molecule has 2 aromatic heterocycles. The number of hydrogen-bond acceptors (Lipinski definition) is 7. The molecule has 0 aliphatic rings. The second kappa shape index (κ2) is 8.87. The lowest BCUT2D eigenvalue weighted by Crippen LogP contribution is -2.19. The summed E-state index contributed by atoms with van der Waals surface area (Å²) in [4.78, 5) is 26.1. The Labute approximate surface area is 198 Å². The zero-order valence-corrected chi connectivity index (χ0v) is 18.6. The fraction of sp³-hybridized carbons (Fsp3) is 0.0714. The van der Waals surface area contributed by atoms with Crippen molar-refractivity contribution in [1.82, 2.24) is 0 Å². The van der Waals surface area contributed by atoms with Crippen molar-refractivity contribution in [2.75, 3.05) is 7.11 Å². The van der Waals surface area contributed by atoms with Gasteiger partial charge in [-0.25, -0.2) is 9.59 Å². The first-order valence-corrected chi connectivity index (χ1v) is 10.8. The van der Waals surface area contributed by atoms with E-state index >= 15 is 0 Å². The van der Waals surface area contributed by atoms with E-state index in [2.05, 4.69) is 0 Å². The minimum Gasteiger partial charge on any atom is -0.507 e. The summed E-state index contributed by atoms with van der Waals surface area (Å²) in [7, 11) is 1.56. The molecule has 0 radical (unpaired) electrons. The van der Waals surface area contributed by atoms with Crippen LogP contribution in [0.2, 0.25) is 0 Å². The summed E-state index contributed by atoms with van der Waals surface area (Å²) in [5.41, 5.74) is -0.907. The summed E-state index contributed by atoms with van der Waals surface area (Å²) in [5, 5.41) is 22.8. The van der Waals surface area contributed by atoms with Gasteiger partial charge in [-0.2, -0.15) is 0 Å². The van der Waals surface area contributed by atoms with E-state index < -0.39 is 17.2 Å². The van der Waals surface area contributed by atoms with Gasteiger partial charge in [-0.15, -0.1) is 0 Å². The van der Waals surface area contributed by atoms with Gasteiger partial charge in [0.15, 0.2) is 0 Å². The molecular formula is C28H20O7. The van der Waals surface area contributed by atoms with Crippen LogP contribution in [-0.4, -0.2) is 17.3 Å². The average molecular weight is 468 g/mol. The Morgan fingerprint density at radius 1 is 0.743 bits per heavy atom. The lowest BCUT2D eigenvalue weighted by Gasteiger charge is -2.16. The van der Waals surface area contributed by atoms with Crippen LogP contribution in [0.15, 0.2) is 97.3 Å². The number of para-hydroxylation sites is 2. The largest absolute Gasteiger partial charge is 0.507 e. The molecule has 0 atom stereocenters. The number of rotatable bonds is 5. The van der Waals surface area contributed by atoms with E-state index in [4.69, 9.17) is 13.6 Å². The van der Waals surface area contributed by atoms with Gasteiger partial charge in [0.05, 0.1) is 29.0 Å². The number of hydrogen-bond donors (Lipinski definition) is 2. The van der Waals surface area contributed by atoms with Crippen molar-refractivity contribution in [3.63, 3.8) is 0 Å². The molecule has 2 N–H and O–H groups in total. The molecular weight excluding hydrogens is 448 g/mol. The molecule has 0 bridgehead atoms.